The van der Waals surface area contributed by atoms with Gasteiger partial charge < -0.3 is 0 Å². The van der Waals surface area contributed by atoms with E-state index in [9.17, 15) is 8.78 Å². The number of benzene rings is 2. The van der Waals surface area contributed by atoms with Gasteiger partial charge in [0.25, 0.3) is 0 Å². The Morgan fingerprint density at radius 1 is 1.00 bits per heavy atom. The zero-order chi connectivity index (χ0) is 19.2. The molecule has 0 fully saturated rings. The molecule has 0 aliphatic heterocycles. The van der Waals surface area contributed by atoms with Gasteiger partial charge in [0.1, 0.15) is 11.6 Å². The van der Waals surface area contributed by atoms with Crippen molar-refractivity contribution in [3.05, 3.63) is 81.9 Å². The summed E-state index contributed by atoms with van der Waals surface area (Å²) in [4.78, 5) is 0. The van der Waals surface area contributed by atoms with Crippen molar-refractivity contribution in [2.45, 2.75) is 71.1 Å². The fourth-order valence-electron chi connectivity index (χ4n) is 4.18. The predicted molar refractivity (Wildman–Crippen MR) is 109 cm³/mol. The second kappa shape index (κ2) is 9.30. The lowest BCUT2D eigenvalue weighted by atomic mass is 9.79. The molecule has 0 N–H and O–H groups in total. The van der Waals surface area contributed by atoms with Crippen LogP contribution in [0.4, 0.5) is 8.78 Å². The lowest BCUT2D eigenvalue weighted by molar-refractivity contribution is 0.489. The Balaban J connectivity index is 1.76. The Kier molecular flexibility index (Phi) is 6.82. The first kappa shape index (κ1) is 19.8. The molecule has 144 valence electrons. The number of allylic oxidation sites excluding steroid dienone is 2. The van der Waals surface area contributed by atoms with Crippen LogP contribution in [0.15, 0.2) is 42.5 Å². The van der Waals surface area contributed by atoms with Gasteiger partial charge in [-0.25, -0.2) is 8.78 Å². The predicted octanol–water partition coefficient (Wildman–Crippen LogP) is 7.09. The Morgan fingerprint density at radius 3 is 2.48 bits per heavy atom. The van der Waals surface area contributed by atoms with Crippen LogP contribution in [0.5, 0.6) is 0 Å². The van der Waals surface area contributed by atoms with Gasteiger partial charge in [-0.1, -0.05) is 43.7 Å². The van der Waals surface area contributed by atoms with Gasteiger partial charge in [0.05, 0.1) is 0 Å². The van der Waals surface area contributed by atoms with Crippen LogP contribution in [0.1, 0.15) is 73.3 Å². The molecule has 3 rings (SSSR count). The van der Waals surface area contributed by atoms with Crippen molar-refractivity contribution in [1.82, 2.24) is 0 Å². The third-order valence-electron chi connectivity index (χ3n) is 5.70. The number of hydrogen-bond donors (Lipinski definition) is 0. The highest BCUT2D eigenvalue weighted by atomic mass is 19.1. The molecule has 27 heavy (non-hydrogen) atoms. The lowest BCUT2D eigenvalue weighted by Gasteiger charge is -2.26. The molecule has 0 heterocycles. The highest BCUT2D eigenvalue weighted by Gasteiger charge is 2.26. The van der Waals surface area contributed by atoms with E-state index in [1.807, 2.05) is 6.92 Å². The maximum absolute atomic E-state index is 14.7. The SMILES string of the molecule is C/C=C/CCc1ccc2c(c1)CCC(c1c(F)cc(CCCC)cc1F)C2. The zero-order valence-electron chi connectivity index (χ0n) is 16.5. The molecule has 1 aliphatic carbocycles. The molecular formula is C25H30F2. The number of halogens is 2. The van der Waals surface area contributed by atoms with E-state index < -0.39 is 0 Å². The quantitative estimate of drug-likeness (QED) is 0.458. The van der Waals surface area contributed by atoms with Crippen LogP contribution in [0.25, 0.3) is 0 Å². The summed E-state index contributed by atoms with van der Waals surface area (Å²) in [6.07, 6.45) is 11.5. The van der Waals surface area contributed by atoms with Crippen molar-refractivity contribution in [2.24, 2.45) is 0 Å². The lowest BCUT2D eigenvalue weighted by Crippen LogP contribution is -2.16. The normalized spacial score (nSPS) is 16.7. The maximum atomic E-state index is 14.7. The number of hydrogen-bond acceptors (Lipinski definition) is 0. The smallest absolute Gasteiger partial charge is 0.129 e. The first-order valence-electron chi connectivity index (χ1n) is 10.3. The van der Waals surface area contributed by atoms with Crippen molar-refractivity contribution in [3.63, 3.8) is 0 Å². The number of rotatable bonds is 7. The molecule has 2 heteroatoms. The van der Waals surface area contributed by atoms with E-state index in [2.05, 4.69) is 37.3 Å². The summed E-state index contributed by atoms with van der Waals surface area (Å²) in [5.74, 6) is -0.790. The summed E-state index contributed by atoms with van der Waals surface area (Å²) in [6.45, 7) is 4.13. The van der Waals surface area contributed by atoms with E-state index in [1.165, 1.54) is 16.7 Å². The highest BCUT2D eigenvalue weighted by Crippen LogP contribution is 2.36. The molecule has 0 amide bonds. The second-order valence-electron chi connectivity index (χ2n) is 7.73. The average Bonchev–Trinajstić information content (AvgIpc) is 2.66. The molecular weight excluding hydrogens is 338 g/mol. The van der Waals surface area contributed by atoms with Gasteiger partial charge in [0.15, 0.2) is 0 Å². The minimum absolute atomic E-state index is 0.0633. The van der Waals surface area contributed by atoms with Gasteiger partial charge in [0, 0.05) is 5.56 Å². The first-order chi connectivity index (χ1) is 13.1. The topological polar surface area (TPSA) is 0 Å². The minimum Gasteiger partial charge on any atom is -0.207 e. The van der Waals surface area contributed by atoms with Gasteiger partial charge in [-0.3, -0.25) is 0 Å². The summed E-state index contributed by atoms with van der Waals surface area (Å²) in [5.41, 5.74) is 5.01. The largest absolute Gasteiger partial charge is 0.207 e. The summed E-state index contributed by atoms with van der Waals surface area (Å²) in [7, 11) is 0. The van der Waals surface area contributed by atoms with Crippen molar-refractivity contribution in [1.29, 1.82) is 0 Å². The van der Waals surface area contributed by atoms with Crippen LogP contribution in [0.2, 0.25) is 0 Å². The van der Waals surface area contributed by atoms with Gasteiger partial charge in [-0.2, -0.15) is 0 Å². The van der Waals surface area contributed by atoms with E-state index in [4.69, 9.17) is 0 Å². The van der Waals surface area contributed by atoms with Crippen molar-refractivity contribution < 1.29 is 8.78 Å². The van der Waals surface area contributed by atoms with Crippen LogP contribution in [0.3, 0.4) is 0 Å². The van der Waals surface area contributed by atoms with E-state index in [-0.39, 0.29) is 23.1 Å². The number of aryl methyl sites for hydroxylation is 3. The summed E-state index contributed by atoms with van der Waals surface area (Å²) >= 11 is 0. The van der Waals surface area contributed by atoms with Crippen LogP contribution >= 0.6 is 0 Å². The molecule has 2 aromatic carbocycles. The second-order valence-corrected chi connectivity index (χ2v) is 7.73. The summed E-state index contributed by atoms with van der Waals surface area (Å²) < 4.78 is 29.4. The molecule has 1 atom stereocenters. The Morgan fingerprint density at radius 2 is 1.78 bits per heavy atom. The highest BCUT2D eigenvalue weighted by molar-refractivity contribution is 5.38. The minimum atomic E-state index is -0.363. The third kappa shape index (κ3) is 4.86. The number of fused-ring (bicyclic) bond motifs is 1. The van der Waals surface area contributed by atoms with E-state index in [0.29, 0.717) is 0 Å². The monoisotopic (exact) mass is 368 g/mol. The van der Waals surface area contributed by atoms with Crippen molar-refractivity contribution >= 4 is 0 Å². The number of unbranched alkanes of at least 4 members (excludes halogenated alkanes) is 1. The Labute approximate surface area is 162 Å². The van der Waals surface area contributed by atoms with Gasteiger partial charge in [-0.05, 0) is 92.2 Å². The molecule has 0 saturated carbocycles. The maximum Gasteiger partial charge on any atom is 0.129 e. The first-order valence-corrected chi connectivity index (χ1v) is 10.3. The van der Waals surface area contributed by atoms with Crippen LogP contribution in [-0.2, 0) is 25.7 Å². The van der Waals surface area contributed by atoms with Crippen LogP contribution in [-0.4, -0.2) is 0 Å². The zero-order valence-corrected chi connectivity index (χ0v) is 16.5. The average molecular weight is 369 g/mol. The van der Waals surface area contributed by atoms with Crippen molar-refractivity contribution in [3.8, 4) is 0 Å². The summed E-state index contributed by atoms with van der Waals surface area (Å²) in [6, 6.07) is 9.72. The molecule has 2 aromatic rings. The Hall–Kier alpha value is -1.96. The Bertz CT molecular complexity index is 781. The molecule has 0 saturated heterocycles. The fourth-order valence-corrected chi connectivity index (χ4v) is 4.18. The van der Waals surface area contributed by atoms with Crippen LogP contribution in [0, 0.1) is 11.6 Å². The molecule has 0 nitrogen and oxygen atoms in total. The van der Waals surface area contributed by atoms with Gasteiger partial charge in [0.2, 0.25) is 0 Å². The van der Waals surface area contributed by atoms with Crippen LogP contribution < -0.4 is 0 Å². The molecule has 0 aromatic heterocycles. The summed E-state index contributed by atoms with van der Waals surface area (Å²) in [5, 5.41) is 0. The van der Waals surface area contributed by atoms with E-state index in [1.54, 1.807) is 12.1 Å². The third-order valence-corrected chi connectivity index (χ3v) is 5.70. The van der Waals surface area contributed by atoms with E-state index >= 15 is 0 Å². The van der Waals surface area contributed by atoms with Gasteiger partial charge in [-0.15, -0.1) is 0 Å². The van der Waals surface area contributed by atoms with E-state index in [0.717, 1.165) is 56.9 Å². The fraction of sp³-hybridized carbons (Fsp3) is 0.440. The molecule has 0 bridgehead atoms. The van der Waals surface area contributed by atoms with Gasteiger partial charge >= 0.3 is 0 Å². The standard InChI is InChI=1S/C25H30F2/c1-3-5-7-9-18-10-11-21-17-22(13-12-20(21)14-18)25-23(26)15-19(8-6-4-2)16-24(25)27/h3,5,10-11,14-16,22H,4,6-9,12-13,17H2,1-2H3/b5-3+. The molecule has 1 unspecified atom stereocenters. The molecule has 0 spiro atoms. The molecule has 1 aliphatic rings. The molecule has 0 radical (unpaired) electrons. The van der Waals surface area contributed by atoms with Crippen molar-refractivity contribution in [2.75, 3.05) is 0 Å².